The standard InChI is InChI=1S/C19H32N10O/c1-18(2,3)28-13-16(21-24-28)10-26(9-15-12-27(7-8-30)23-20-15)11-17-14-29(25-22-17)19(4,5)6/h12-14,30H,7-11H2,1-6H3. The van der Waals surface area contributed by atoms with Crippen LogP contribution in [0.2, 0.25) is 0 Å². The molecule has 0 aliphatic carbocycles. The van der Waals surface area contributed by atoms with Crippen molar-refractivity contribution < 1.29 is 5.11 Å². The molecule has 0 aromatic carbocycles. The fourth-order valence-corrected chi connectivity index (χ4v) is 2.88. The van der Waals surface area contributed by atoms with Gasteiger partial charge in [0.25, 0.3) is 0 Å². The second kappa shape index (κ2) is 8.60. The van der Waals surface area contributed by atoms with Crippen LogP contribution in [0, 0.1) is 0 Å². The summed E-state index contributed by atoms with van der Waals surface area (Å²) in [5.41, 5.74) is 2.30. The molecule has 0 unspecified atom stereocenters. The topological polar surface area (TPSA) is 116 Å². The van der Waals surface area contributed by atoms with Gasteiger partial charge in [0.05, 0.1) is 53.7 Å². The summed E-state index contributed by atoms with van der Waals surface area (Å²) in [5, 5.41) is 34.6. The van der Waals surface area contributed by atoms with Gasteiger partial charge < -0.3 is 5.11 Å². The average molecular weight is 417 g/mol. The molecule has 3 aromatic rings. The number of hydrogen-bond donors (Lipinski definition) is 1. The van der Waals surface area contributed by atoms with Crippen LogP contribution in [0.1, 0.15) is 58.6 Å². The lowest BCUT2D eigenvalue weighted by atomic mass is 10.1. The van der Waals surface area contributed by atoms with E-state index in [4.69, 9.17) is 5.11 Å². The normalized spacial score (nSPS) is 12.8. The number of nitrogens with zero attached hydrogens (tertiary/aromatic N) is 10. The molecule has 1 N–H and O–H groups in total. The lowest BCUT2D eigenvalue weighted by Gasteiger charge is -2.20. The van der Waals surface area contributed by atoms with Gasteiger partial charge in [-0.3, -0.25) is 4.90 Å². The fourth-order valence-electron chi connectivity index (χ4n) is 2.88. The number of aromatic nitrogens is 9. The van der Waals surface area contributed by atoms with E-state index in [2.05, 4.69) is 77.4 Å². The van der Waals surface area contributed by atoms with Gasteiger partial charge in [-0.05, 0) is 41.5 Å². The second-order valence-electron chi connectivity index (χ2n) is 9.49. The highest BCUT2D eigenvalue weighted by Crippen LogP contribution is 2.16. The lowest BCUT2D eigenvalue weighted by molar-refractivity contribution is 0.238. The van der Waals surface area contributed by atoms with E-state index in [1.165, 1.54) is 0 Å². The molecule has 0 aliphatic heterocycles. The van der Waals surface area contributed by atoms with E-state index in [0.717, 1.165) is 17.1 Å². The molecule has 0 saturated heterocycles. The van der Waals surface area contributed by atoms with Crippen LogP contribution >= 0.6 is 0 Å². The van der Waals surface area contributed by atoms with Gasteiger partial charge in [0, 0.05) is 25.8 Å². The van der Waals surface area contributed by atoms with E-state index >= 15 is 0 Å². The first-order chi connectivity index (χ1) is 14.0. The molecule has 0 spiro atoms. The zero-order valence-corrected chi connectivity index (χ0v) is 18.7. The van der Waals surface area contributed by atoms with Crippen LogP contribution in [0.3, 0.4) is 0 Å². The molecule has 11 heteroatoms. The third kappa shape index (κ3) is 5.70. The largest absolute Gasteiger partial charge is 0.394 e. The molecular weight excluding hydrogens is 384 g/mol. The van der Waals surface area contributed by atoms with Crippen molar-refractivity contribution in [1.82, 2.24) is 49.9 Å². The van der Waals surface area contributed by atoms with Crippen LogP contribution in [0.5, 0.6) is 0 Å². The SMILES string of the molecule is CC(C)(C)n1cc(CN(Cc2cn(CCO)nn2)Cc2cn(C(C)(C)C)nn2)nn1. The van der Waals surface area contributed by atoms with Crippen molar-refractivity contribution in [2.45, 2.75) is 78.8 Å². The van der Waals surface area contributed by atoms with Crippen molar-refractivity contribution in [3.8, 4) is 0 Å². The highest BCUT2D eigenvalue weighted by Gasteiger charge is 2.20. The van der Waals surface area contributed by atoms with Crippen molar-refractivity contribution in [3.05, 3.63) is 35.7 Å². The maximum absolute atomic E-state index is 9.10. The fraction of sp³-hybridized carbons (Fsp3) is 0.684. The van der Waals surface area contributed by atoms with Gasteiger partial charge in [-0.25, -0.2) is 14.0 Å². The van der Waals surface area contributed by atoms with Gasteiger partial charge in [-0.1, -0.05) is 15.6 Å². The van der Waals surface area contributed by atoms with Crippen LogP contribution in [-0.2, 0) is 37.3 Å². The van der Waals surface area contributed by atoms with Crippen molar-refractivity contribution in [2.75, 3.05) is 6.61 Å². The summed E-state index contributed by atoms with van der Waals surface area (Å²) >= 11 is 0. The highest BCUT2D eigenvalue weighted by atomic mass is 16.3. The minimum atomic E-state index is -0.127. The van der Waals surface area contributed by atoms with Crippen molar-refractivity contribution in [3.63, 3.8) is 0 Å². The predicted octanol–water partition coefficient (Wildman–Crippen LogP) is 1.17. The summed E-state index contributed by atoms with van der Waals surface area (Å²) in [6.07, 6.45) is 5.80. The van der Waals surface area contributed by atoms with E-state index in [-0.39, 0.29) is 17.7 Å². The Morgan fingerprint density at radius 3 is 1.57 bits per heavy atom. The first-order valence-corrected chi connectivity index (χ1v) is 10.1. The van der Waals surface area contributed by atoms with Gasteiger partial charge in [0.1, 0.15) is 0 Å². The van der Waals surface area contributed by atoms with Gasteiger partial charge in [-0.15, -0.1) is 15.3 Å². The van der Waals surface area contributed by atoms with E-state index in [1.807, 2.05) is 28.0 Å². The number of aliphatic hydroxyl groups is 1. The maximum Gasteiger partial charge on any atom is 0.0967 e. The van der Waals surface area contributed by atoms with E-state index < -0.39 is 0 Å². The number of rotatable bonds is 8. The van der Waals surface area contributed by atoms with Crippen LogP contribution in [-0.4, -0.2) is 61.6 Å². The molecule has 3 aromatic heterocycles. The Hall–Kier alpha value is -2.66. The zero-order valence-electron chi connectivity index (χ0n) is 18.7. The summed E-state index contributed by atoms with van der Waals surface area (Å²) in [6, 6.07) is 0. The summed E-state index contributed by atoms with van der Waals surface area (Å²) < 4.78 is 5.38. The molecule has 11 nitrogen and oxygen atoms in total. The third-order valence-corrected chi connectivity index (χ3v) is 4.53. The average Bonchev–Trinajstić information content (AvgIpc) is 3.35. The van der Waals surface area contributed by atoms with E-state index in [1.54, 1.807) is 4.68 Å². The van der Waals surface area contributed by atoms with Crippen LogP contribution in [0.15, 0.2) is 18.6 Å². The van der Waals surface area contributed by atoms with Crippen LogP contribution in [0.4, 0.5) is 0 Å². The Morgan fingerprint density at radius 1 is 0.733 bits per heavy atom. The third-order valence-electron chi connectivity index (χ3n) is 4.53. The predicted molar refractivity (Wildman–Crippen MR) is 110 cm³/mol. The summed E-state index contributed by atoms with van der Waals surface area (Å²) in [4.78, 5) is 2.18. The lowest BCUT2D eigenvalue weighted by Crippen LogP contribution is -2.24. The Labute approximate surface area is 176 Å². The second-order valence-corrected chi connectivity index (χ2v) is 9.49. The zero-order chi connectivity index (χ0) is 21.9. The first kappa shape index (κ1) is 22.0. The molecule has 164 valence electrons. The molecule has 0 atom stereocenters. The minimum Gasteiger partial charge on any atom is -0.394 e. The van der Waals surface area contributed by atoms with Gasteiger partial charge in [0.2, 0.25) is 0 Å². The molecule has 0 bridgehead atoms. The molecule has 0 aliphatic rings. The quantitative estimate of drug-likeness (QED) is 0.582. The molecule has 0 fully saturated rings. The minimum absolute atomic E-state index is 0.0261. The Bertz CT molecular complexity index is 889. The van der Waals surface area contributed by atoms with Crippen LogP contribution in [0.25, 0.3) is 0 Å². The van der Waals surface area contributed by atoms with Gasteiger partial charge in [0.15, 0.2) is 0 Å². The maximum atomic E-state index is 9.10. The van der Waals surface area contributed by atoms with Gasteiger partial charge >= 0.3 is 0 Å². The Kier molecular flexibility index (Phi) is 6.32. The molecular formula is C19H32N10O. The Balaban J connectivity index is 1.78. The van der Waals surface area contributed by atoms with Crippen molar-refractivity contribution in [2.24, 2.45) is 0 Å². The summed E-state index contributed by atoms with van der Waals surface area (Å²) in [5.74, 6) is 0. The summed E-state index contributed by atoms with van der Waals surface area (Å²) in [6.45, 7) is 14.7. The monoisotopic (exact) mass is 416 g/mol. The highest BCUT2D eigenvalue weighted by molar-refractivity contribution is 5.01. The van der Waals surface area contributed by atoms with Gasteiger partial charge in [-0.2, -0.15) is 0 Å². The van der Waals surface area contributed by atoms with Crippen LogP contribution < -0.4 is 0 Å². The molecule has 3 rings (SSSR count). The molecule has 30 heavy (non-hydrogen) atoms. The van der Waals surface area contributed by atoms with Crippen molar-refractivity contribution in [1.29, 1.82) is 0 Å². The first-order valence-electron chi connectivity index (χ1n) is 10.1. The molecule has 3 heterocycles. The number of hydrogen-bond acceptors (Lipinski definition) is 8. The van der Waals surface area contributed by atoms with E-state index in [0.29, 0.717) is 26.2 Å². The molecule has 0 amide bonds. The Morgan fingerprint density at radius 2 is 1.17 bits per heavy atom. The summed E-state index contributed by atoms with van der Waals surface area (Å²) in [7, 11) is 0. The molecule has 0 saturated carbocycles. The molecule has 0 radical (unpaired) electrons. The smallest absolute Gasteiger partial charge is 0.0967 e. The van der Waals surface area contributed by atoms with E-state index in [9.17, 15) is 0 Å². The van der Waals surface area contributed by atoms with Crippen molar-refractivity contribution >= 4 is 0 Å². The number of aliphatic hydroxyl groups excluding tert-OH is 1.